The Morgan fingerprint density at radius 3 is 2.52 bits per heavy atom. The van der Waals surface area contributed by atoms with E-state index < -0.39 is 60.7 Å². The first-order valence-corrected chi connectivity index (χ1v) is 12.8. The maximum absolute atomic E-state index is 14.9. The summed E-state index contributed by atoms with van der Waals surface area (Å²) >= 11 is 0. The number of nitrogens with two attached hydrogens (primary N) is 1. The predicted octanol–water partition coefficient (Wildman–Crippen LogP) is 0.0918. The van der Waals surface area contributed by atoms with Crippen molar-refractivity contribution in [1.82, 2.24) is 4.90 Å². The summed E-state index contributed by atoms with van der Waals surface area (Å²) in [4.78, 5) is 43.1. The van der Waals surface area contributed by atoms with Crippen molar-refractivity contribution in [2.75, 3.05) is 13.2 Å². The van der Waals surface area contributed by atoms with Gasteiger partial charge in [0.1, 0.15) is 23.4 Å². The number of phosphoric ester groups is 1. The lowest BCUT2D eigenvalue weighted by atomic mass is 9.97. The van der Waals surface area contributed by atoms with Crippen LogP contribution in [0.1, 0.15) is 0 Å². The number of aliphatic imine (C=N–C) groups is 1. The van der Waals surface area contributed by atoms with Gasteiger partial charge in [0, 0.05) is 11.1 Å². The summed E-state index contributed by atoms with van der Waals surface area (Å²) in [6.45, 7) is 1.40. The average Bonchev–Trinajstić information content (AvgIpc) is 2.88. The Morgan fingerprint density at radius 1 is 1.33 bits per heavy atom. The van der Waals surface area contributed by atoms with Gasteiger partial charge in [0.25, 0.3) is 0 Å². The van der Waals surface area contributed by atoms with Crippen LogP contribution in [-0.2, 0) is 31.6 Å². The molecule has 0 spiro atoms. The molecule has 1 saturated heterocycles. The molecule has 18 nitrogen and oxygen atoms in total. The zero-order chi connectivity index (χ0) is 25.2. The third-order valence-electron chi connectivity index (χ3n) is 3.99. The van der Waals surface area contributed by atoms with E-state index in [1.165, 1.54) is 12.3 Å². The summed E-state index contributed by atoms with van der Waals surface area (Å²) in [5.74, 6) is -0.0828. The lowest BCUT2D eigenvalue weighted by molar-refractivity contribution is -0.126. The molecule has 2 aliphatic rings. The predicted molar refractivity (Wildman–Crippen MR) is 104 cm³/mol. The molecule has 0 aromatic rings. The van der Waals surface area contributed by atoms with E-state index in [2.05, 4.69) is 34.7 Å². The summed E-state index contributed by atoms with van der Waals surface area (Å²) in [6, 6.07) is 0. The van der Waals surface area contributed by atoms with Gasteiger partial charge in [-0.3, -0.25) is 4.52 Å². The highest BCUT2D eigenvalue weighted by molar-refractivity contribution is 7.66. The number of hydrogen-bond donors (Lipinski definition) is 6. The Bertz CT molecular complexity index is 1040. The number of amidine groups is 1. The third-order valence-corrected chi connectivity index (χ3v) is 7.78. The standard InChI is InChI=1S/C11H18FN6O12P3/c1-6-16-7(13)2-3-18(6)10-8(12)9(19)11(28-10,4-15-17-14)5-27-32(23,24)30-33(25,26)29-31(20,21)22/h2-3,8-10,19H,1,4-5H2,(H2,13,16)(H,23,24)(H,25,26)(H2,20,21,22)/t8-,9-,10+,11+/m0/s1. The van der Waals surface area contributed by atoms with E-state index in [9.17, 15) is 33.0 Å². The van der Waals surface area contributed by atoms with Gasteiger partial charge in [-0.05, 0) is 11.6 Å². The SMILES string of the molecule is C=C1N=C(N)C=CN1[C@@H]1O[C@](CN=[N+]=[N-])(COP(=O)(O)OP(=O)(O)OP(=O)(O)O)[C@@H](O)[C@@H]1F. The Morgan fingerprint density at radius 2 is 1.97 bits per heavy atom. The molecule has 0 bridgehead atoms. The molecule has 33 heavy (non-hydrogen) atoms. The molecule has 0 aliphatic carbocycles. The van der Waals surface area contributed by atoms with Crippen LogP contribution in [0.5, 0.6) is 0 Å². The van der Waals surface area contributed by atoms with Gasteiger partial charge < -0.3 is 40.1 Å². The zero-order valence-electron chi connectivity index (χ0n) is 16.1. The van der Waals surface area contributed by atoms with Gasteiger partial charge in [0.2, 0.25) is 0 Å². The maximum Gasteiger partial charge on any atom is 0.490 e. The van der Waals surface area contributed by atoms with Crippen LogP contribution in [0.4, 0.5) is 4.39 Å². The first-order chi connectivity index (χ1) is 15.0. The van der Waals surface area contributed by atoms with Crippen LogP contribution >= 0.6 is 23.5 Å². The molecular formula is C11H18FN6O12P3. The van der Waals surface area contributed by atoms with Crippen LogP contribution in [0.25, 0.3) is 10.4 Å². The number of halogens is 1. The highest BCUT2D eigenvalue weighted by atomic mass is 31.3. The molecule has 0 radical (unpaired) electrons. The van der Waals surface area contributed by atoms with Crippen molar-refractivity contribution in [2.24, 2.45) is 15.8 Å². The second-order valence-corrected chi connectivity index (χ2v) is 10.8. The summed E-state index contributed by atoms with van der Waals surface area (Å²) < 4.78 is 66.0. The lowest BCUT2D eigenvalue weighted by Crippen LogP contribution is -2.48. The molecule has 0 amide bonds. The van der Waals surface area contributed by atoms with E-state index in [4.69, 9.17) is 25.8 Å². The average molecular weight is 538 g/mol. The molecule has 2 unspecified atom stereocenters. The third kappa shape index (κ3) is 7.15. The Hall–Kier alpha value is -1.68. The molecule has 0 saturated carbocycles. The summed E-state index contributed by atoms with van der Waals surface area (Å²) in [7, 11) is -17.1. The van der Waals surface area contributed by atoms with E-state index in [1.807, 2.05) is 0 Å². The second kappa shape index (κ2) is 9.90. The van der Waals surface area contributed by atoms with Gasteiger partial charge in [-0.1, -0.05) is 11.7 Å². The van der Waals surface area contributed by atoms with Crippen molar-refractivity contribution in [3.63, 3.8) is 0 Å². The van der Waals surface area contributed by atoms with E-state index >= 15 is 0 Å². The van der Waals surface area contributed by atoms with Crippen molar-refractivity contribution >= 4 is 29.3 Å². The molecule has 1 fully saturated rings. The number of hydrogen-bond acceptors (Lipinski definition) is 12. The largest absolute Gasteiger partial charge is 0.490 e. The Kier molecular flexibility index (Phi) is 8.27. The molecule has 22 heteroatoms. The topological polar surface area (TPSA) is 280 Å². The van der Waals surface area contributed by atoms with Crippen molar-refractivity contribution in [3.05, 3.63) is 35.1 Å². The number of aliphatic hydroxyl groups is 1. The minimum Gasteiger partial charge on any atom is -0.387 e. The molecule has 6 atom stereocenters. The minimum absolute atomic E-state index is 0.0261. The Balaban J connectivity index is 2.24. The van der Waals surface area contributed by atoms with E-state index in [1.54, 1.807) is 0 Å². The van der Waals surface area contributed by atoms with Gasteiger partial charge in [0.05, 0.1) is 13.2 Å². The normalized spacial score (nSPS) is 31.5. The zero-order valence-corrected chi connectivity index (χ0v) is 18.8. The first-order valence-electron chi connectivity index (χ1n) is 8.30. The van der Waals surface area contributed by atoms with E-state index in [0.717, 1.165) is 4.90 Å². The number of phosphoric acid groups is 3. The van der Waals surface area contributed by atoms with Crippen molar-refractivity contribution in [1.29, 1.82) is 0 Å². The molecule has 7 N–H and O–H groups in total. The van der Waals surface area contributed by atoms with Gasteiger partial charge in [-0.2, -0.15) is 8.62 Å². The lowest BCUT2D eigenvalue weighted by Gasteiger charge is -2.33. The fraction of sp³-hybridized carbons (Fsp3) is 0.545. The maximum atomic E-state index is 14.9. The fourth-order valence-electron chi connectivity index (χ4n) is 2.69. The van der Waals surface area contributed by atoms with Crippen LogP contribution in [-0.4, -0.2) is 72.7 Å². The van der Waals surface area contributed by atoms with E-state index in [-0.39, 0.29) is 11.7 Å². The molecular weight excluding hydrogens is 520 g/mol. The van der Waals surface area contributed by atoms with Gasteiger partial charge in [-0.25, -0.2) is 23.1 Å². The highest BCUT2D eigenvalue weighted by Gasteiger charge is 2.58. The number of nitrogens with zero attached hydrogens (tertiary/aromatic N) is 5. The van der Waals surface area contributed by atoms with Crippen LogP contribution in [0.15, 0.2) is 34.8 Å². The summed E-state index contributed by atoms with van der Waals surface area (Å²) in [5.41, 5.74) is 11.7. The molecule has 0 aromatic heterocycles. The number of azide groups is 1. The van der Waals surface area contributed by atoms with Crippen molar-refractivity contribution in [2.45, 2.75) is 24.1 Å². The second-order valence-electron chi connectivity index (χ2n) is 6.39. The van der Waals surface area contributed by atoms with Crippen LogP contribution < -0.4 is 5.73 Å². The number of aliphatic hydroxyl groups excluding tert-OH is 1. The minimum atomic E-state index is -5.83. The van der Waals surface area contributed by atoms with Crippen molar-refractivity contribution < 1.29 is 60.6 Å². The monoisotopic (exact) mass is 538 g/mol. The Labute approximate surface area is 183 Å². The highest BCUT2D eigenvalue weighted by Crippen LogP contribution is 2.66. The molecule has 2 rings (SSSR count). The van der Waals surface area contributed by atoms with Crippen LogP contribution in [0.3, 0.4) is 0 Å². The number of rotatable bonds is 10. The quantitative estimate of drug-likeness (QED) is 0.0931. The first kappa shape index (κ1) is 27.6. The number of ether oxygens (including phenoxy) is 1. The molecule has 2 aliphatic heterocycles. The van der Waals surface area contributed by atoms with E-state index in [0.29, 0.717) is 0 Å². The molecule has 2 heterocycles. The van der Waals surface area contributed by atoms with Gasteiger partial charge >= 0.3 is 23.5 Å². The molecule has 0 aromatic carbocycles. The van der Waals surface area contributed by atoms with Crippen LogP contribution in [0.2, 0.25) is 0 Å². The molecule has 186 valence electrons. The van der Waals surface area contributed by atoms with Gasteiger partial charge in [-0.15, -0.1) is 0 Å². The van der Waals surface area contributed by atoms with Gasteiger partial charge in [0.15, 0.2) is 12.4 Å². The van der Waals surface area contributed by atoms with Crippen molar-refractivity contribution in [3.8, 4) is 0 Å². The summed E-state index contributed by atoms with van der Waals surface area (Å²) in [5, 5.41) is 13.6. The smallest absolute Gasteiger partial charge is 0.387 e. The summed E-state index contributed by atoms with van der Waals surface area (Å²) in [6.07, 6.45) is -3.64. The number of alkyl halides is 1. The fourth-order valence-corrected chi connectivity index (χ4v) is 5.77. The van der Waals surface area contributed by atoms with Crippen LogP contribution in [0, 0.1) is 0 Å².